The first kappa shape index (κ1) is 13.0. The number of carbonyl (C=O) groups is 2. The monoisotopic (exact) mass is 261 g/mol. The SMILES string of the molecule is CN(CCCC(=O)O)C(=O)c1ccc(Cl)s1. The molecule has 0 aliphatic rings. The van der Waals surface area contributed by atoms with Crippen molar-refractivity contribution in [3.63, 3.8) is 0 Å². The Morgan fingerprint density at radius 1 is 1.50 bits per heavy atom. The van der Waals surface area contributed by atoms with Crippen molar-refractivity contribution in [3.8, 4) is 0 Å². The highest BCUT2D eigenvalue weighted by molar-refractivity contribution is 7.17. The van der Waals surface area contributed by atoms with Crippen LogP contribution < -0.4 is 0 Å². The normalized spacial score (nSPS) is 10.1. The molecule has 0 bridgehead atoms. The molecule has 1 amide bonds. The fourth-order valence-corrected chi connectivity index (χ4v) is 2.22. The highest BCUT2D eigenvalue weighted by Gasteiger charge is 2.13. The summed E-state index contributed by atoms with van der Waals surface area (Å²) >= 11 is 6.95. The van der Waals surface area contributed by atoms with Crippen molar-refractivity contribution >= 4 is 34.8 Å². The summed E-state index contributed by atoms with van der Waals surface area (Å²) < 4.78 is 0.572. The minimum atomic E-state index is -0.847. The van der Waals surface area contributed by atoms with Crippen molar-refractivity contribution in [2.24, 2.45) is 0 Å². The van der Waals surface area contributed by atoms with Crippen molar-refractivity contribution in [3.05, 3.63) is 21.3 Å². The van der Waals surface area contributed by atoms with Crippen molar-refractivity contribution < 1.29 is 14.7 Å². The van der Waals surface area contributed by atoms with Gasteiger partial charge in [-0.1, -0.05) is 11.6 Å². The predicted molar refractivity (Wildman–Crippen MR) is 63.2 cm³/mol. The maximum atomic E-state index is 11.8. The minimum absolute atomic E-state index is 0.0722. The number of amides is 1. The molecular formula is C10H12ClNO3S. The molecule has 0 atom stereocenters. The molecule has 0 fully saturated rings. The molecule has 1 aromatic rings. The predicted octanol–water partition coefficient (Wildman–Crippen LogP) is 2.34. The van der Waals surface area contributed by atoms with E-state index in [2.05, 4.69) is 0 Å². The third-order valence-corrected chi connectivity index (χ3v) is 3.23. The Kier molecular flexibility index (Phi) is 4.76. The third-order valence-electron chi connectivity index (χ3n) is 2.01. The fourth-order valence-electron chi connectivity index (χ4n) is 1.19. The number of rotatable bonds is 5. The van der Waals surface area contributed by atoms with Crippen LogP contribution >= 0.6 is 22.9 Å². The second-order valence-electron chi connectivity index (χ2n) is 3.33. The molecule has 0 unspecified atom stereocenters. The van der Waals surface area contributed by atoms with Gasteiger partial charge in [-0.25, -0.2) is 0 Å². The summed E-state index contributed by atoms with van der Waals surface area (Å²) in [5.41, 5.74) is 0. The maximum Gasteiger partial charge on any atom is 0.303 e. The van der Waals surface area contributed by atoms with Gasteiger partial charge < -0.3 is 10.0 Å². The van der Waals surface area contributed by atoms with Gasteiger partial charge in [0.2, 0.25) is 0 Å². The van der Waals surface area contributed by atoms with Crippen LogP contribution in [0.25, 0.3) is 0 Å². The smallest absolute Gasteiger partial charge is 0.303 e. The lowest BCUT2D eigenvalue weighted by atomic mass is 10.3. The Hall–Kier alpha value is -1.07. The van der Waals surface area contributed by atoms with Crippen LogP contribution in [0.5, 0.6) is 0 Å². The minimum Gasteiger partial charge on any atom is -0.481 e. The Morgan fingerprint density at radius 2 is 2.19 bits per heavy atom. The Balaban J connectivity index is 2.45. The van der Waals surface area contributed by atoms with Gasteiger partial charge in [-0.2, -0.15) is 0 Å². The molecule has 0 aliphatic carbocycles. The zero-order valence-corrected chi connectivity index (χ0v) is 10.3. The molecular weight excluding hydrogens is 250 g/mol. The Bertz CT molecular complexity index is 391. The average Bonchev–Trinajstić information content (AvgIpc) is 2.63. The van der Waals surface area contributed by atoms with Crippen LogP contribution in [0, 0.1) is 0 Å². The standard InChI is InChI=1S/C10H12ClNO3S/c1-12(6-2-3-9(13)14)10(15)7-4-5-8(11)16-7/h4-5H,2-3,6H2,1H3,(H,13,14). The van der Waals surface area contributed by atoms with Crippen LogP contribution in [-0.2, 0) is 4.79 Å². The lowest BCUT2D eigenvalue weighted by Gasteiger charge is -2.15. The van der Waals surface area contributed by atoms with E-state index in [1.54, 1.807) is 19.2 Å². The molecule has 0 aliphatic heterocycles. The van der Waals surface area contributed by atoms with Gasteiger partial charge in [0.1, 0.15) is 0 Å². The lowest BCUT2D eigenvalue weighted by Crippen LogP contribution is -2.27. The van der Waals surface area contributed by atoms with Crippen molar-refractivity contribution in [2.75, 3.05) is 13.6 Å². The number of carboxylic acids is 1. The van der Waals surface area contributed by atoms with Crippen LogP contribution in [0.15, 0.2) is 12.1 Å². The van der Waals surface area contributed by atoms with E-state index in [1.807, 2.05) is 0 Å². The highest BCUT2D eigenvalue weighted by Crippen LogP contribution is 2.22. The largest absolute Gasteiger partial charge is 0.481 e. The topological polar surface area (TPSA) is 57.6 Å². The van der Waals surface area contributed by atoms with E-state index < -0.39 is 5.97 Å². The van der Waals surface area contributed by atoms with E-state index in [4.69, 9.17) is 16.7 Å². The van der Waals surface area contributed by atoms with E-state index in [9.17, 15) is 9.59 Å². The van der Waals surface area contributed by atoms with E-state index in [0.717, 1.165) is 0 Å². The molecule has 88 valence electrons. The van der Waals surface area contributed by atoms with Crippen LogP contribution in [0.1, 0.15) is 22.5 Å². The van der Waals surface area contributed by atoms with Gasteiger partial charge >= 0.3 is 5.97 Å². The summed E-state index contributed by atoms with van der Waals surface area (Å²) in [6.45, 7) is 0.431. The first-order chi connectivity index (χ1) is 7.50. The summed E-state index contributed by atoms with van der Waals surface area (Å²) in [4.78, 5) is 24.1. The molecule has 1 heterocycles. The lowest BCUT2D eigenvalue weighted by molar-refractivity contribution is -0.137. The molecule has 0 saturated carbocycles. The molecule has 1 N–H and O–H groups in total. The van der Waals surface area contributed by atoms with Crippen molar-refractivity contribution in [2.45, 2.75) is 12.8 Å². The van der Waals surface area contributed by atoms with Gasteiger partial charge in [0.15, 0.2) is 0 Å². The fraction of sp³-hybridized carbons (Fsp3) is 0.400. The van der Waals surface area contributed by atoms with Gasteiger partial charge in [-0.3, -0.25) is 9.59 Å². The Morgan fingerprint density at radius 3 is 2.69 bits per heavy atom. The highest BCUT2D eigenvalue weighted by atomic mass is 35.5. The second kappa shape index (κ2) is 5.86. The molecule has 4 nitrogen and oxygen atoms in total. The van der Waals surface area contributed by atoms with Gasteiger partial charge in [0.05, 0.1) is 9.21 Å². The van der Waals surface area contributed by atoms with Crippen LogP contribution in [0.4, 0.5) is 0 Å². The molecule has 0 radical (unpaired) electrons. The quantitative estimate of drug-likeness (QED) is 0.885. The van der Waals surface area contributed by atoms with Crippen LogP contribution in [0.3, 0.4) is 0 Å². The zero-order valence-electron chi connectivity index (χ0n) is 8.77. The Labute approximate surface area is 102 Å². The molecule has 6 heteroatoms. The third kappa shape index (κ3) is 3.83. The number of hydrogen-bond donors (Lipinski definition) is 1. The van der Waals surface area contributed by atoms with Crippen molar-refractivity contribution in [1.82, 2.24) is 4.90 Å². The molecule has 16 heavy (non-hydrogen) atoms. The van der Waals surface area contributed by atoms with Gasteiger partial charge in [-0.15, -0.1) is 11.3 Å². The van der Waals surface area contributed by atoms with E-state index in [-0.39, 0.29) is 12.3 Å². The summed E-state index contributed by atoms with van der Waals surface area (Å²) in [7, 11) is 1.65. The molecule has 1 rings (SSSR count). The van der Waals surface area contributed by atoms with Gasteiger partial charge in [-0.05, 0) is 18.6 Å². The number of nitrogens with zero attached hydrogens (tertiary/aromatic N) is 1. The van der Waals surface area contributed by atoms with Gasteiger partial charge in [0.25, 0.3) is 5.91 Å². The first-order valence-corrected chi connectivity index (χ1v) is 5.92. The second-order valence-corrected chi connectivity index (χ2v) is 5.04. The summed E-state index contributed by atoms with van der Waals surface area (Å²) in [5.74, 6) is -0.970. The molecule has 0 spiro atoms. The number of halogens is 1. The number of carboxylic acid groups (broad SMARTS) is 1. The van der Waals surface area contributed by atoms with E-state index >= 15 is 0 Å². The first-order valence-electron chi connectivity index (χ1n) is 4.73. The summed E-state index contributed by atoms with van der Waals surface area (Å²) in [6.07, 6.45) is 0.527. The number of carbonyl (C=O) groups excluding carboxylic acids is 1. The number of thiophene rings is 1. The van der Waals surface area contributed by atoms with Gasteiger partial charge in [0, 0.05) is 20.0 Å². The van der Waals surface area contributed by atoms with E-state index in [0.29, 0.717) is 22.2 Å². The molecule has 1 aromatic heterocycles. The average molecular weight is 262 g/mol. The zero-order chi connectivity index (χ0) is 12.1. The van der Waals surface area contributed by atoms with E-state index in [1.165, 1.54) is 16.2 Å². The maximum absolute atomic E-state index is 11.8. The van der Waals surface area contributed by atoms with Crippen LogP contribution in [0.2, 0.25) is 4.34 Å². The molecule has 0 saturated heterocycles. The summed E-state index contributed by atoms with van der Waals surface area (Å²) in [6, 6.07) is 3.34. The van der Waals surface area contributed by atoms with Crippen molar-refractivity contribution in [1.29, 1.82) is 0 Å². The number of aliphatic carboxylic acids is 1. The van der Waals surface area contributed by atoms with Crippen LogP contribution in [-0.4, -0.2) is 35.5 Å². The number of hydrogen-bond acceptors (Lipinski definition) is 3. The summed E-state index contributed by atoms with van der Waals surface area (Å²) in [5, 5.41) is 8.47. The molecule has 0 aromatic carbocycles.